The first-order valence-corrected chi connectivity index (χ1v) is 8.45. The molecule has 2 N–H and O–H groups in total. The van der Waals surface area contributed by atoms with Gasteiger partial charge < -0.3 is 5.32 Å². The average Bonchev–Trinajstić information content (AvgIpc) is 3.14. The van der Waals surface area contributed by atoms with Crippen molar-refractivity contribution in [3.63, 3.8) is 0 Å². The lowest BCUT2D eigenvalue weighted by molar-refractivity contribution is 0.476. The van der Waals surface area contributed by atoms with Crippen molar-refractivity contribution in [3.05, 3.63) is 0 Å². The van der Waals surface area contributed by atoms with Crippen molar-refractivity contribution < 1.29 is 8.42 Å². The minimum absolute atomic E-state index is 0.132. The first-order valence-electron chi connectivity index (χ1n) is 6.90. The first kappa shape index (κ1) is 13.3. The third-order valence-corrected chi connectivity index (χ3v) is 5.61. The van der Waals surface area contributed by atoms with Gasteiger partial charge in [0, 0.05) is 12.6 Å². The molecular weight excluding hydrogens is 236 g/mol. The normalized spacial score (nSPS) is 22.8. The molecule has 0 aromatic rings. The zero-order valence-corrected chi connectivity index (χ0v) is 11.3. The molecule has 0 spiro atoms. The van der Waals surface area contributed by atoms with Crippen LogP contribution in [0.1, 0.15) is 51.4 Å². The summed E-state index contributed by atoms with van der Waals surface area (Å²) >= 11 is 0. The van der Waals surface area contributed by atoms with Gasteiger partial charge in [-0.2, -0.15) is 0 Å². The van der Waals surface area contributed by atoms with Crippen LogP contribution in [0.2, 0.25) is 0 Å². The fraction of sp³-hybridized carbons (Fsp3) is 1.00. The Labute approximate surface area is 105 Å². The van der Waals surface area contributed by atoms with E-state index in [9.17, 15) is 8.42 Å². The van der Waals surface area contributed by atoms with Crippen LogP contribution in [0, 0.1) is 0 Å². The van der Waals surface area contributed by atoms with Gasteiger partial charge in [0.05, 0.1) is 5.25 Å². The fourth-order valence-electron chi connectivity index (χ4n) is 2.39. The monoisotopic (exact) mass is 260 g/mol. The third kappa shape index (κ3) is 4.56. The summed E-state index contributed by atoms with van der Waals surface area (Å²) in [7, 11) is -3.05. The van der Waals surface area contributed by atoms with Crippen LogP contribution < -0.4 is 10.0 Å². The van der Waals surface area contributed by atoms with Crippen LogP contribution in [0.5, 0.6) is 0 Å². The minimum atomic E-state index is -3.05. The molecule has 0 radical (unpaired) electrons. The predicted molar refractivity (Wildman–Crippen MR) is 69.4 cm³/mol. The highest BCUT2D eigenvalue weighted by atomic mass is 32.2. The summed E-state index contributed by atoms with van der Waals surface area (Å²) in [6, 6.07) is 0.713. The van der Waals surface area contributed by atoms with Crippen LogP contribution in [-0.2, 0) is 10.0 Å². The zero-order chi connectivity index (χ0) is 12.1. The number of sulfonamides is 1. The summed E-state index contributed by atoms with van der Waals surface area (Å²) in [5.74, 6) is 0. The molecule has 2 rings (SSSR count). The molecule has 0 unspecified atom stereocenters. The number of nitrogens with one attached hydrogen (secondary N) is 2. The summed E-state index contributed by atoms with van der Waals surface area (Å²) < 4.78 is 26.7. The molecule has 0 saturated heterocycles. The molecule has 2 fully saturated rings. The van der Waals surface area contributed by atoms with Gasteiger partial charge in [-0.15, -0.1) is 0 Å². The highest BCUT2D eigenvalue weighted by molar-refractivity contribution is 7.90. The summed E-state index contributed by atoms with van der Waals surface area (Å²) in [6.45, 7) is 1.51. The summed E-state index contributed by atoms with van der Waals surface area (Å²) in [4.78, 5) is 0. The van der Waals surface area contributed by atoms with E-state index in [1.165, 1.54) is 19.3 Å². The van der Waals surface area contributed by atoms with E-state index in [1.807, 2.05) is 0 Å². The van der Waals surface area contributed by atoms with Gasteiger partial charge in [0.1, 0.15) is 0 Å². The van der Waals surface area contributed by atoms with Crippen LogP contribution in [0.15, 0.2) is 0 Å². The van der Waals surface area contributed by atoms with E-state index in [0.717, 1.165) is 38.6 Å². The third-order valence-electron chi connectivity index (χ3n) is 3.66. The highest BCUT2D eigenvalue weighted by Crippen LogP contribution is 2.23. The van der Waals surface area contributed by atoms with E-state index in [4.69, 9.17) is 0 Å². The van der Waals surface area contributed by atoms with Gasteiger partial charge in [-0.05, 0) is 38.6 Å². The Bertz CT molecular complexity index is 319. The van der Waals surface area contributed by atoms with E-state index >= 15 is 0 Å². The summed E-state index contributed by atoms with van der Waals surface area (Å²) in [6.07, 6.45) is 8.47. The van der Waals surface area contributed by atoms with Crippen molar-refractivity contribution in [3.8, 4) is 0 Å². The smallest absolute Gasteiger partial charge is 0.214 e. The summed E-state index contributed by atoms with van der Waals surface area (Å²) in [5, 5.41) is 3.26. The lowest BCUT2D eigenvalue weighted by Crippen LogP contribution is -2.37. The second-order valence-corrected chi connectivity index (χ2v) is 7.33. The number of hydrogen-bond acceptors (Lipinski definition) is 3. The molecule has 4 nitrogen and oxygen atoms in total. The Hall–Kier alpha value is -0.130. The fourth-order valence-corrected chi connectivity index (χ4v) is 4.01. The molecule has 2 aliphatic rings. The molecule has 17 heavy (non-hydrogen) atoms. The van der Waals surface area contributed by atoms with E-state index in [1.54, 1.807) is 0 Å². The molecule has 0 amide bonds. The van der Waals surface area contributed by atoms with Gasteiger partial charge in [-0.25, -0.2) is 13.1 Å². The number of rotatable bonds is 7. The lowest BCUT2D eigenvalue weighted by Gasteiger charge is -2.21. The van der Waals surface area contributed by atoms with Crippen molar-refractivity contribution in [2.75, 3.05) is 13.1 Å². The molecule has 2 saturated carbocycles. The molecule has 2 aliphatic carbocycles. The predicted octanol–water partition coefficient (Wildman–Crippen LogP) is 1.38. The van der Waals surface area contributed by atoms with Crippen LogP contribution in [0.25, 0.3) is 0 Å². The van der Waals surface area contributed by atoms with Gasteiger partial charge in [-0.1, -0.05) is 19.3 Å². The average molecular weight is 260 g/mol. The Morgan fingerprint density at radius 2 is 1.65 bits per heavy atom. The molecule has 0 bridgehead atoms. The lowest BCUT2D eigenvalue weighted by atomic mass is 10.0. The van der Waals surface area contributed by atoms with Gasteiger partial charge in [0.2, 0.25) is 10.0 Å². The van der Waals surface area contributed by atoms with Crippen LogP contribution in [0.4, 0.5) is 0 Å². The van der Waals surface area contributed by atoms with Crippen molar-refractivity contribution >= 4 is 10.0 Å². The first-order chi connectivity index (χ1) is 8.18. The van der Waals surface area contributed by atoms with Crippen molar-refractivity contribution in [1.29, 1.82) is 0 Å². The molecule has 0 aliphatic heterocycles. The van der Waals surface area contributed by atoms with Crippen LogP contribution in [-0.4, -0.2) is 32.8 Å². The van der Waals surface area contributed by atoms with Gasteiger partial charge >= 0.3 is 0 Å². The molecule has 0 aromatic carbocycles. The van der Waals surface area contributed by atoms with E-state index in [0.29, 0.717) is 12.6 Å². The van der Waals surface area contributed by atoms with E-state index in [2.05, 4.69) is 10.0 Å². The molecule has 0 aromatic heterocycles. The maximum atomic E-state index is 12.0. The van der Waals surface area contributed by atoms with Crippen LogP contribution >= 0.6 is 0 Å². The number of hydrogen-bond donors (Lipinski definition) is 2. The topological polar surface area (TPSA) is 58.2 Å². The maximum Gasteiger partial charge on any atom is 0.214 e. The molecule has 0 atom stereocenters. The van der Waals surface area contributed by atoms with Gasteiger partial charge in [-0.3, -0.25) is 0 Å². The van der Waals surface area contributed by atoms with Crippen LogP contribution in [0.3, 0.4) is 0 Å². The largest absolute Gasteiger partial charge is 0.314 e. The second-order valence-electron chi connectivity index (χ2n) is 5.28. The zero-order valence-electron chi connectivity index (χ0n) is 10.5. The molecule has 0 heterocycles. The maximum absolute atomic E-state index is 12.0. The Kier molecular flexibility index (Phi) is 4.82. The van der Waals surface area contributed by atoms with Crippen molar-refractivity contribution in [2.45, 2.75) is 62.7 Å². The highest BCUT2D eigenvalue weighted by Gasteiger charge is 2.26. The van der Waals surface area contributed by atoms with Gasteiger partial charge in [0.15, 0.2) is 0 Å². The SMILES string of the molecule is O=S(=O)(NCCCNC1CC1)C1CCCCC1. The molecular formula is C12H24N2O2S. The quantitative estimate of drug-likeness (QED) is 0.680. The standard InChI is InChI=1S/C12H24N2O2S/c15-17(16,12-5-2-1-3-6-12)14-10-4-9-13-11-7-8-11/h11-14H,1-10H2. The van der Waals surface area contributed by atoms with Crippen molar-refractivity contribution in [1.82, 2.24) is 10.0 Å². The Morgan fingerprint density at radius 3 is 2.29 bits per heavy atom. The van der Waals surface area contributed by atoms with E-state index in [-0.39, 0.29) is 5.25 Å². The molecule has 100 valence electrons. The van der Waals surface area contributed by atoms with E-state index < -0.39 is 10.0 Å². The Balaban J connectivity index is 1.61. The summed E-state index contributed by atoms with van der Waals surface area (Å²) in [5.41, 5.74) is 0. The minimum Gasteiger partial charge on any atom is -0.314 e. The van der Waals surface area contributed by atoms with Crippen molar-refractivity contribution in [2.24, 2.45) is 0 Å². The van der Waals surface area contributed by atoms with Gasteiger partial charge in [0.25, 0.3) is 0 Å². The second kappa shape index (κ2) is 6.16. The Morgan fingerprint density at radius 1 is 0.941 bits per heavy atom. The molecule has 5 heteroatoms.